The Bertz CT molecular complexity index is 637. The van der Waals surface area contributed by atoms with Crippen LogP contribution in [0.4, 0.5) is 13.2 Å². The van der Waals surface area contributed by atoms with E-state index >= 15 is 0 Å². The molecule has 0 fully saturated rings. The molecule has 0 unspecified atom stereocenters. The molecule has 0 saturated carbocycles. The van der Waals surface area contributed by atoms with E-state index in [9.17, 15) is 18.0 Å². The molecule has 0 saturated heterocycles. The Morgan fingerprint density at radius 1 is 1.38 bits per heavy atom. The standard InChI is InChI=1S/C14H12F3NO2S/c1-2-20-13(19)7-12-18-11(8-21-12)9-4-3-5-10(6-9)14(15,16)17/h3-6,8H,2,7H2,1H3. The third-order valence-electron chi connectivity index (χ3n) is 2.64. The molecule has 0 bridgehead atoms. The number of hydrogen-bond donors (Lipinski definition) is 0. The predicted molar refractivity (Wildman–Crippen MR) is 72.9 cm³/mol. The summed E-state index contributed by atoms with van der Waals surface area (Å²) >= 11 is 1.22. The highest BCUT2D eigenvalue weighted by atomic mass is 32.1. The lowest BCUT2D eigenvalue weighted by Gasteiger charge is -2.07. The highest BCUT2D eigenvalue weighted by molar-refractivity contribution is 7.10. The summed E-state index contributed by atoms with van der Waals surface area (Å²) in [5, 5.41) is 2.14. The van der Waals surface area contributed by atoms with Crippen LogP contribution in [0.3, 0.4) is 0 Å². The van der Waals surface area contributed by atoms with Crippen molar-refractivity contribution in [3.63, 3.8) is 0 Å². The molecule has 112 valence electrons. The van der Waals surface area contributed by atoms with Crippen molar-refractivity contribution in [2.75, 3.05) is 6.61 Å². The number of thiazole rings is 1. The minimum atomic E-state index is -4.39. The lowest BCUT2D eigenvalue weighted by atomic mass is 10.1. The fourth-order valence-electron chi connectivity index (χ4n) is 1.72. The van der Waals surface area contributed by atoms with Crippen molar-refractivity contribution in [2.45, 2.75) is 19.5 Å². The number of carbonyl (C=O) groups excluding carboxylic acids is 1. The van der Waals surface area contributed by atoms with Gasteiger partial charge in [0.25, 0.3) is 0 Å². The van der Waals surface area contributed by atoms with Crippen molar-refractivity contribution in [2.24, 2.45) is 0 Å². The van der Waals surface area contributed by atoms with Crippen LogP contribution in [0.15, 0.2) is 29.6 Å². The van der Waals surface area contributed by atoms with E-state index in [0.717, 1.165) is 12.1 Å². The van der Waals surface area contributed by atoms with Crippen molar-refractivity contribution in [3.05, 3.63) is 40.2 Å². The lowest BCUT2D eigenvalue weighted by Crippen LogP contribution is -2.07. The van der Waals surface area contributed by atoms with Gasteiger partial charge in [0.1, 0.15) is 5.01 Å². The number of rotatable bonds is 4. The zero-order valence-corrected chi connectivity index (χ0v) is 11.9. The lowest BCUT2D eigenvalue weighted by molar-refractivity contribution is -0.142. The minimum absolute atomic E-state index is 0.0253. The summed E-state index contributed by atoms with van der Waals surface area (Å²) in [6.45, 7) is 1.98. The molecule has 0 amide bonds. The van der Waals surface area contributed by atoms with E-state index in [-0.39, 0.29) is 13.0 Å². The van der Waals surface area contributed by atoms with Gasteiger partial charge in [-0.15, -0.1) is 11.3 Å². The summed E-state index contributed by atoms with van der Waals surface area (Å²) in [7, 11) is 0. The first-order valence-corrected chi connectivity index (χ1v) is 7.05. The maximum atomic E-state index is 12.7. The Balaban J connectivity index is 2.20. The fraction of sp³-hybridized carbons (Fsp3) is 0.286. The number of nitrogens with zero attached hydrogens (tertiary/aromatic N) is 1. The van der Waals surface area contributed by atoms with Gasteiger partial charge in [0.2, 0.25) is 0 Å². The first-order chi connectivity index (χ1) is 9.90. The topological polar surface area (TPSA) is 39.2 Å². The van der Waals surface area contributed by atoms with Crippen LogP contribution in [-0.2, 0) is 22.1 Å². The second kappa shape index (κ2) is 6.26. The summed E-state index contributed by atoms with van der Waals surface area (Å²) in [6.07, 6.45) is -4.36. The number of carbonyl (C=O) groups is 1. The predicted octanol–water partition coefficient (Wildman–Crippen LogP) is 3.93. The summed E-state index contributed by atoms with van der Waals surface area (Å²) in [6, 6.07) is 4.94. The normalized spacial score (nSPS) is 11.4. The first kappa shape index (κ1) is 15.5. The van der Waals surface area contributed by atoms with Gasteiger partial charge in [0.15, 0.2) is 0 Å². The maximum absolute atomic E-state index is 12.7. The van der Waals surface area contributed by atoms with Gasteiger partial charge in [-0.1, -0.05) is 12.1 Å². The molecule has 0 N–H and O–H groups in total. The molecule has 7 heteroatoms. The number of aromatic nitrogens is 1. The largest absolute Gasteiger partial charge is 0.466 e. The molecule has 0 aliphatic rings. The Morgan fingerprint density at radius 2 is 2.14 bits per heavy atom. The van der Waals surface area contributed by atoms with E-state index in [2.05, 4.69) is 4.98 Å². The van der Waals surface area contributed by atoms with E-state index in [0.29, 0.717) is 16.3 Å². The average molecular weight is 315 g/mol. The second-order valence-electron chi connectivity index (χ2n) is 4.19. The molecule has 2 aromatic rings. The average Bonchev–Trinajstić information content (AvgIpc) is 2.86. The van der Waals surface area contributed by atoms with Crippen LogP contribution in [0.1, 0.15) is 17.5 Å². The van der Waals surface area contributed by atoms with Crippen LogP contribution < -0.4 is 0 Å². The zero-order chi connectivity index (χ0) is 15.5. The smallest absolute Gasteiger partial charge is 0.416 e. The third-order valence-corrected chi connectivity index (χ3v) is 3.49. The van der Waals surface area contributed by atoms with E-state index < -0.39 is 17.7 Å². The fourth-order valence-corrected chi connectivity index (χ4v) is 2.50. The maximum Gasteiger partial charge on any atom is 0.416 e. The van der Waals surface area contributed by atoms with Crippen LogP contribution in [0.25, 0.3) is 11.3 Å². The van der Waals surface area contributed by atoms with Gasteiger partial charge in [0, 0.05) is 10.9 Å². The van der Waals surface area contributed by atoms with Gasteiger partial charge >= 0.3 is 12.1 Å². The van der Waals surface area contributed by atoms with Crippen molar-refractivity contribution in [1.82, 2.24) is 4.98 Å². The number of ether oxygens (including phenoxy) is 1. The summed E-state index contributed by atoms with van der Waals surface area (Å²) in [5.41, 5.74) is 0.0709. The first-order valence-electron chi connectivity index (χ1n) is 6.18. The molecule has 0 radical (unpaired) electrons. The van der Waals surface area contributed by atoms with Crippen molar-refractivity contribution < 1.29 is 22.7 Å². The molecule has 0 atom stereocenters. The van der Waals surface area contributed by atoms with E-state index in [1.165, 1.54) is 17.4 Å². The Labute approximate surface area is 123 Å². The molecule has 0 aliphatic carbocycles. The van der Waals surface area contributed by atoms with Gasteiger partial charge in [-0.2, -0.15) is 13.2 Å². The number of benzene rings is 1. The van der Waals surface area contributed by atoms with Gasteiger partial charge in [0.05, 0.1) is 24.3 Å². The van der Waals surface area contributed by atoms with Crippen LogP contribution in [0.5, 0.6) is 0 Å². The van der Waals surface area contributed by atoms with Crippen molar-refractivity contribution in [3.8, 4) is 11.3 Å². The Hall–Kier alpha value is -1.89. The molecule has 2 rings (SSSR count). The molecule has 1 aromatic heterocycles. The summed E-state index contributed by atoms with van der Waals surface area (Å²) in [5.74, 6) is -0.401. The number of halogens is 3. The van der Waals surface area contributed by atoms with E-state index in [1.54, 1.807) is 18.4 Å². The third kappa shape index (κ3) is 4.04. The zero-order valence-electron chi connectivity index (χ0n) is 11.1. The Morgan fingerprint density at radius 3 is 2.81 bits per heavy atom. The quantitative estimate of drug-likeness (QED) is 0.802. The van der Waals surface area contributed by atoms with Gasteiger partial charge in [-0.05, 0) is 19.1 Å². The van der Waals surface area contributed by atoms with Crippen LogP contribution in [-0.4, -0.2) is 17.6 Å². The number of esters is 1. The van der Waals surface area contributed by atoms with E-state index in [1.807, 2.05) is 0 Å². The highest BCUT2D eigenvalue weighted by Crippen LogP contribution is 2.32. The SMILES string of the molecule is CCOC(=O)Cc1nc(-c2cccc(C(F)(F)F)c2)cs1. The molecule has 1 aromatic carbocycles. The van der Waals surface area contributed by atoms with Crippen LogP contribution in [0, 0.1) is 0 Å². The van der Waals surface area contributed by atoms with E-state index in [4.69, 9.17) is 4.74 Å². The van der Waals surface area contributed by atoms with Crippen LogP contribution in [0.2, 0.25) is 0 Å². The highest BCUT2D eigenvalue weighted by Gasteiger charge is 2.30. The van der Waals surface area contributed by atoms with Crippen molar-refractivity contribution >= 4 is 17.3 Å². The number of alkyl halides is 3. The Kier molecular flexibility index (Phi) is 4.62. The number of hydrogen-bond acceptors (Lipinski definition) is 4. The summed E-state index contributed by atoms with van der Waals surface area (Å²) in [4.78, 5) is 15.5. The summed E-state index contributed by atoms with van der Waals surface area (Å²) < 4.78 is 42.8. The molecule has 1 heterocycles. The van der Waals surface area contributed by atoms with Gasteiger partial charge in [-0.25, -0.2) is 4.98 Å². The molecule has 0 aliphatic heterocycles. The molecular weight excluding hydrogens is 303 g/mol. The van der Waals surface area contributed by atoms with Gasteiger partial charge < -0.3 is 4.74 Å². The monoisotopic (exact) mass is 315 g/mol. The molecule has 3 nitrogen and oxygen atoms in total. The second-order valence-corrected chi connectivity index (χ2v) is 5.13. The van der Waals surface area contributed by atoms with Gasteiger partial charge in [-0.3, -0.25) is 4.79 Å². The molecule has 21 heavy (non-hydrogen) atoms. The van der Waals surface area contributed by atoms with Crippen LogP contribution >= 0.6 is 11.3 Å². The minimum Gasteiger partial charge on any atom is -0.466 e. The molecule has 0 spiro atoms. The molecular formula is C14H12F3NO2S. The van der Waals surface area contributed by atoms with Crippen molar-refractivity contribution in [1.29, 1.82) is 0 Å².